The van der Waals surface area contributed by atoms with Crippen molar-refractivity contribution >= 4 is 5.97 Å². The number of pyridine rings is 1. The zero-order chi connectivity index (χ0) is 13.1. The van der Waals surface area contributed by atoms with E-state index in [4.69, 9.17) is 0 Å². The molecule has 0 aliphatic carbocycles. The van der Waals surface area contributed by atoms with Crippen LogP contribution < -0.4 is 0 Å². The smallest absolute Gasteiger partial charge is 0.356 e. The van der Waals surface area contributed by atoms with Crippen LogP contribution in [0.15, 0.2) is 18.2 Å². The second-order valence-corrected chi connectivity index (χ2v) is 4.33. The van der Waals surface area contributed by atoms with E-state index in [0.717, 1.165) is 0 Å². The highest BCUT2D eigenvalue weighted by Crippen LogP contribution is 2.13. The number of aliphatic hydroxyl groups excluding tert-OH is 2. The minimum absolute atomic E-state index is 0.260. The van der Waals surface area contributed by atoms with Gasteiger partial charge in [-0.3, -0.25) is 4.90 Å². The second-order valence-electron chi connectivity index (χ2n) is 4.33. The summed E-state index contributed by atoms with van der Waals surface area (Å²) in [7, 11) is 1.31. The third-order valence-electron chi connectivity index (χ3n) is 2.92. The number of carbonyl (C=O) groups excluding carboxylic acids is 1. The SMILES string of the molecule is COC(=O)c1cccc(CN2CC(O)C(O)C2)n1. The molecule has 1 aromatic heterocycles. The molecule has 1 saturated heterocycles. The molecule has 0 amide bonds. The van der Waals surface area contributed by atoms with E-state index in [0.29, 0.717) is 25.3 Å². The highest BCUT2D eigenvalue weighted by Gasteiger charge is 2.29. The van der Waals surface area contributed by atoms with Crippen LogP contribution in [0.3, 0.4) is 0 Å². The van der Waals surface area contributed by atoms with Crippen LogP contribution in [0, 0.1) is 0 Å². The third-order valence-corrected chi connectivity index (χ3v) is 2.92. The first-order chi connectivity index (χ1) is 8.60. The van der Waals surface area contributed by atoms with E-state index in [1.165, 1.54) is 7.11 Å². The van der Waals surface area contributed by atoms with Crippen LogP contribution in [0.5, 0.6) is 0 Å². The Balaban J connectivity index is 2.04. The molecule has 1 aromatic rings. The van der Waals surface area contributed by atoms with Crippen molar-refractivity contribution in [3.63, 3.8) is 0 Å². The largest absolute Gasteiger partial charge is 0.464 e. The van der Waals surface area contributed by atoms with Crippen molar-refractivity contribution in [3.05, 3.63) is 29.6 Å². The molecule has 0 bridgehead atoms. The third kappa shape index (κ3) is 2.84. The van der Waals surface area contributed by atoms with Crippen molar-refractivity contribution in [3.8, 4) is 0 Å². The molecule has 98 valence electrons. The number of aromatic nitrogens is 1. The Morgan fingerprint density at radius 1 is 1.44 bits per heavy atom. The van der Waals surface area contributed by atoms with E-state index in [2.05, 4.69) is 9.72 Å². The molecule has 0 aromatic carbocycles. The van der Waals surface area contributed by atoms with Gasteiger partial charge in [0.1, 0.15) is 5.69 Å². The molecule has 2 atom stereocenters. The van der Waals surface area contributed by atoms with Crippen molar-refractivity contribution in [2.24, 2.45) is 0 Å². The Labute approximate surface area is 105 Å². The van der Waals surface area contributed by atoms with E-state index in [-0.39, 0.29) is 5.69 Å². The van der Waals surface area contributed by atoms with Gasteiger partial charge in [0.25, 0.3) is 0 Å². The molecule has 0 spiro atoms. The van der Waals surface area contributed by atoms with Crippen molar-refractivity contribution < 1.29 is 19.7 Å². The number of methoxy groups -OCH3 is 1. The molecule has 1 fully saturated rings. The van der Waals surface area contributed by atoms with E-state index < -0.39 is 18.2 Å². The quantitative estimate of drug-likeness (QED) is 0.699. The Morgan fingerprint density at radius 2 is 2.11 bits per heavy atom. The van der Waals surface area contributed by atoms with E-state index in [1.54, 1.807) is 18.2 Å². The number of ether oxygens (including phenoxy) is 1. The summed E-state index contributed by atoms with van der Waals surface area (Å²) in [6, 6.07) is 5.12. The van der Waals surface area contributed by atoms with Gasteiger partial charge in [-0.05, 0) is 12.1 Å². The van der Waals surface area contributed by atoms with Gasteiger partial charge in [-0.15, -0.1) is 0 Å². The Bertz CT molecular complexity index is 428. The first-order valence-electron chi connectivity index (χ1n) is 5.73. The minimum Gasteiger partial charge on any atom is -0.464 e. The van der Waals surface area contributed by atoms with E-state index in [1.807, 2.05) is 4.90 Å². The van der Waals surface area contributed by atoms with Gasteiger partial charge in [0, 0.05) is 19.6 Å². The summed E-state index contributed by atoms with van der Waals surface area (Å²) in [5.41, 5.74) is 0.967. The van der Waals surface area contributed by atoms with Gasteiger partial charge in [0.15, 0.2) is 0 Å². The Kier molecular flexibility index (Phi) is 3.90. The number of nitrogens with zero attached hydrogens (tertiary/aromatic N) is 2. The standard InChI is InChI=1S/C12H16N2O4/c1-18-12(17)9-4-2-3-8(13-9)5-14-6-10(15)11(16)7-14/h2-4,10-11,15-16H,5-7H2,1H3. The molecule has 2 N–H and O–H groups in total. The summed E-state index contributed by atoms with van der Waals surface area (Å²) in [5, 5.41) is 18.9. The Hall–Kier alpha value is -1.50. The van der Waals surface area contributed by atoms with E-state index in [9.17, 15) is 15.0 Å². The van der Waals surface area contributed by atoms with Gasteiger partial charge in [0.2, 0.25) is 0 Å². The van der Waals surface area contributed by atoms with Gasteiger partial charge in [0.05, 0.1) is 25.0 Å². The van der Waals surface area contributed by atoms with Crippen molar-refractivity contribution in [1.82, 2.24) is 9.88 Å². The number of esters is 1. The molecule has 2 heterocycles. The monoisotopic (exact) mass is 252 g/mol. The zero-order valence-corrected chi connectivity index (χ0v) is 10.1. The van der Waals surface area contributed by atoms with Gasteiger partial charge in [-0.1, -0.05) is 6.07 Å². The van der Waals surface area contributed by atoms with Crippen LogP contribution in [0.2, 0.25) is 0 Å². The lowest BCUT2D eigenvalue weighted by Crippen LogP contribution is -2.22. The lowest BCUT2D eigenvalue weighted by Gasteiger charge is -2.14. The number of hydrogen-bond donors (Lipinski definition) is 2. The van der Waals surface area contributed by atoms with Gasteiger partial charge < -0.3 is 14.9 Å². The molecule has 0 saturated carbocycles. The van der Waals surface area contributed by atoms with Crippen LogP contribution in [-0.2, 0) is 11.3 Å². The maximum atomic E-state index is 11.3. The summed E-state index contributed by atoms with van der Waals surface area (Å²) in [4.78, 5) is 17.4. The van der Waals surface area contributed by atoms with Crippen molar-refractivity contribution in [1.29, 1.82) is 0 Å². The normalized spacial score (nSPS) is 24.2. The lowest BCUT2D eigenvalue weighted by atomic mass is 10.3. The zero-order valence-electron chi connectivity index (χ0n) is 10.1. The number of β-amino-alcohol motifs (C(OH)–C–C–N with tert-alkyl or cyclic N) is 2. The molecular formula is C12H16N2O4. The van der Waals surface area contributed by atoms with Crippen LogP contribution in [-0.4, -0.2) is 58.5 Å². The lowest BCUT2D eigenvalue weighted by molar-refractivity contribution is 0.0572. The maximum absolute atomic E-state index is 11.3. The second kappa shape index (κ2) is 5.43. The first kappa shape index (κ1) is 12.9. The summed E-state index contributed by atoms with van der Waals surface area (Å²) < 4.78 is 4.60. The molecule has 2 unspecified atom stereocenters. The number of likely N-dealkylation sites (tertiary alicyclic amines) is 1. The summed E-state index contributed by atoms with van der Waals surface area (Å²) in [6.45, 7) is 1.30. The summed E-state index contributed by atoms with van der Waals surface area (Å²) in [5.74, 6) is -0.474. The fraction of sp³-hybridized carbons (Fsp3) is 0.500. The molecule has 6 nitrogen and oxygen atoms in total. The maximum Gasteiger partial charge on any atom is 0.356 e. The number of aliphatic hydroxyl groups is 2. The minimum atomic E-state index is -0.714. The van der Waals surface area contributed by atoms with Gasteiger partial charge in [-0.25, -0.2) is 9.78 Å². The van der Waals surface area contributed by atoms with Crippen molar-refractivity contribution in [2.45, 2.75) is 18.8 Å². The molecule has 1 aliphatic rings. The first-order valence-corrected chi connectivity index (χ1v) is 5.73. The van der Waals surface area contributed by atoms with Gasteiger partial charge in [-0.2, -0.15) is 0 Å². The highest BCUT2D eigenvalue weighted by atomic mass is 16.5. The van der Waals surface area contributed by atoms with Gasteiger partial charge >= 0.3 is 5.97 Å². The molecule has 1 aliphatic heterocycles. The fourth-order valence-electron chi connectivity index (χ4n) is 1.99. The topological polar surface area (TPSA) is 82.9 Å². The van der Waals surface area contributed by atoms with Crippen LogP contribution >= 0.6 is 0 Å². The predicted octanol–water partition coefficient (Wildman–Crippen LogP) is -0.594. The number of carbonyl (C=O) groups is 1. The Morgan fingerprint density at radius 3 is 2.72 bits per heavy atom. The van der Waals surface area contributed by atoms with Crippen LogP contribution in [0.25, 0.3) is 0 Å². The molecule has 6 heteroatoms. The van der Waals surface area contributed by atoms with E-state index >= 15 is 0 Å². The number of rotatable bonds is 3. The molecular weight excluding hydrogens is 236 g/mol. The van der Waals surface area contributed by atoms with Crippen LogP contribution in [0.1, 0.15) is 16.2 Å². The average Bonchev–Trinajstić information content (AvgIpc) is 2.67. The van der Waals surface area contributed by atoms with Crippen LogP contribution in [0.4, 0.5) is 0 Å². The molecule has 18 heavy (non-hydrogen) atoms. The molecule has 2 rings (SSSR count). The summed E-state index contributed by atoms with van der Waals surface area (Å²) >= 11 is 0. The highest BCUT2D eigenvalue weighted by molar-refractivity contribution is 5.87. The average molecular weight is 252 g/mol. The predicted molar refractivity (Wildman–Crippen MR) is 62.9 cm³/mol. The fourth-order valence-corrected chi connectivity index (χ4v) is 1.99. The summed E-state index contributed by atoms with van der Waals surface area (Å²) in [6.07, 6.45) is -1.43. The number of hydrogen-bond acceptors (Lipinski definition) is 6. The molecule has 0 radical (unpaired) electrons. The van der Waals surface area contributed by atoms with Crippen molar-refractivity contribution in [2.75, 3.05) is 20.2 Å².